The van der Waals surface area contributed by atoms with Crippen LogP contribution in [-0.4, -0.2) is 34.5 Å². The number of pyridine rings is 1. The van der Waals surface area contributed by atoms with Gasteiger partial charge < -0.3 is 10.2 Å². The Hall–Kier alpha value is -1.46. The minimum Gasteiger partial charge on any atom is -0.331 e. The van der Waals surface area contributed by atoms with Crippen LogP contribution in [0, 0.1) is 26.7 Å². The molecule has 1 unspecified atom stereocenters. The maximum Gasteiger partial charge on any atom is 0.187 e. The van der Waals surface area contributed by atoms with Gasteiger partial charge in [-0.1, -0.05) is 0 Å². The van der Waals surface area contributed by atoms with Crippen LogP contribution in [0.25, 0.3) is 0 Å². The Morgan fingerprint density at radius 1 is 1.16 bits per heavy atom. The van der Waals surface area contributed by atoms with Gasteiger partial charge in [-0.3, -0.25) is 4.98 Å². The number of nitrogens with zero attached hydrogens (tertiary/aromatic N) is 3. The summed E-state index contributed by atoms with van der Waals surface area (Å²) in [6.45, 7) is 10.0. The molecule has 1 atom stereocenters. The van der Waals surface area contributed by atoms with Gasteiger partial charge >= 0.3 is 0 Å². The fourth-order valence-corrected chi connectivity index (χ4v) is 4.59. The summed E-state index contributed by atoms with van der Waals surface area (Å²) in [6.07, 6.45) is 5.42. The van der Waals surface area contributed by atoms with Gasteiger partial charge in [-0.25, -0.2) is 4.98 Å². The summed E-state index contributed by atoms with van der Waals surface area (Å²) < 4.78 is 0. The predicted octanol–water partition coefficient (Wildman–Crippen LogP) is 4.80. The van der Waals surface area contributed by atoms with E-state index in [1.54, 1.807) is 11.3 Å². The highest BCUT2D eigenvalue weighted by Gasteiger charge is 2.28. The SMILES string of the molecule is Cc1cc(Nc2nc(C)c(C)s2)cc(C2CCCN(CC3CC3)C2)n1. The van der Waals surface area contributed by atoms with Crippen molar-refractivity contribution in [1.82, 2.24) is 14.9 Å². The Morgan fingerprint density at radius 2 is 2.00 bits per heavy atom. The van der Waals surface area contributed by atoms with Crippen molar-refractivity contribution in [3.8, 4) is 0 Å². The Kier molecular flexibility index (Phi) is 4.78. The van der Waals surface area contributed by atoms with Crippen LogP contribution in [0.2, 0.25) is 0 Å². The van der Waals surface area contributed by atoms with Crippen LogP contribution in [0.3, 0.4) is 0 Å². The number of piperidine rings is 1. The Labute approximate surface area is 154 Å². The van der Waals surface area contributed by atoms with Crippen molar-refractivity contribution < 1.29 is 0 Å². The second kappa shape index (κ2) is 7.04. The van der Waals surface area contributed by atoms with E-state index in [9.17, 15) is 0 Å². The van der Waals surface area contributed by atoms with Crippen molar-refractivity contribution in [2.24, 2.45) is 5.92 Å². The smallest absolute Gasteiger partial charge is 0.187 e. The molecule has 0 bridgehead atoms. The molecule has 1 N–H and O–H groups in total. The van der Waals surface area contributed by atoms with Gasteiger partial charge in [0.2, 0.25) is 0 Å². The number of aromatic nitrogens is 2. The van der Waals surface area contributed by atoms with Crippen LogP contribution < -0.4 is 5.32 Å². The Bertz CT molecular complexity index is 731. The molecule has 0 aromatic carbocycles. The van der Waals surface area contributed by atoms with Crippen molar-refractivity contribution in [3.05, 3.63) is 34.1 Å². The third-order valence-electron chi connectivity index (χ3n) is 5.39. The zero-order chi connectivity index (χ0) is 17.4. The average Bonchev–Trinajstić information content (AvgIpc) is 3.32. The summed E-state index contributed by atoms with van der Waals surface area (Å²) in [4.78, 5) is 13.4. The molecule has 2 aliphatic rings. The van der Waals surface area contributed by atoms with E-state index in [1.165, 1.54) is 55.9 Å². The van der Waals surface area contributed by atoms with Gasteiger partial charge in [0.25, 0.3) is 0 Å². The summed E-state index contributed by atoms with van der Waals surface area (Å²) in [5.74, 6) is 1.53. The quantitative estimate of drug-likeness (QED) is 0.836. The third kappa shape index (κ3) is 4.21. The molecule has 4 rings (SSSR count). The monoisotopic (exact) mass is 356 g/mol. The summed E-state index contributed by atoms with van der Waals surface area (Å²) in [6, 6.07) is 4.37. The maximum absolute atomic E-state index is 4.87. The van der Waals surface area contributed by atoms with Gasteiger partial charge in [0.05, 0.1) is 5.69 Å². The molecule has 4 nitrogen and oxygen atoms in total. The van der Waals surface area contributed by atoms with Crippen molar-refractivity contribution in [3.63, 3.8) is 0 Å². The number of hydrogen-bond acceptors (Lipinski definition) is 5. The van der Waals surface area contributed by atoms with Crippen molar-refractivity contribution >= 4 is 22.2 Å². The first-order chi connectivity index (χ1) is 12.1. The van der Waals surface area contributed by atoms with Gasteiger partial charge in [-0.2, -0.15) is 0 Å². The van der Waals surface area contributed by atoms with E-state index in [1.807, 2.05) is 0 Å². The minimum absolute atomic E-state index is 0.563. The molecular weight excluding hydrogens is 328 g/mol. The summed E-state index contributed by atoms with van der Waals surface area (Å²) >= 11 is 1.72. The molecule has 0 radical (unpaired) electrons. The lowest BCUT2D eigenvalue weighted by molar-refractivity contribution is 0.198. The van der Waals surface area contributed by atoms with E-state index < -0.39 is 0 Å². The van der Waals surface area contributed by atoms with Gasteiger partial charge in [0.1, 0.15) is 0 Å². The van der Waals surface area contributed by atoms with Gasteiger partial charge in [-0.05, 0) is 71.0 Å². The first kappa shape index (κ1) is 17.0. The Balaban J connectivity index is 1.50. The standard InChI is InChI=1S/C20H28N4S/c1-13-9-18(23-20-22-14(2)15(3)25-20)10-19(21-13)17-5-4-8-24(12-17)11-16-6-7-16/h9-10,16-17H,4-8,11-12H2,1-3H3,(H,21,22,23). The highest BCUT2D eigenvalue weighted by molar-refractivity contribution is 7.15. The first-order valence-corrected chi connectivity index (χ1v) is 10.3. The van der Waals surface area contributed by atoms with Crippen LogP contribution in [0.1, 0.15) is 53.6 Å². The molecular formula is C20H28N4S. The van der Waals surface area contributed by atoms with Gasteiger partial charge in [-0.15, -0.1) is 11.3 Å². The van der Waals surface area contributed by atoms with Gasteiger partial charge in [0.15, 0.2) is 5.13 Å². The largest absolute Gasteiger partial charge is 0.331 e. The molecule has 5 heteroatoms. The molecule has 1 aliphatic heterocycles. The summed E-state index contributed by atoms with van der Waals surface area (Å²) in [5.41, 5.74) is 4.56. The summed E-state index contributed by atoms with van der Waals surface area (Å²) in [7, 11) is 0. The predicted molar refractivity (Wildman–Crippen MR) is 105 cm³/mol. The number of likely N-dealkylation sites (tertiary alicyclic amines) is 1. The van der Waals surface area contributed by atoms with Crippen molar-refractivity contribution in [1.29, 1.82) is 0 Å². The third-order valence-corrected chi connectivity index (χ3v) is 6.38. The summed E-state index contributed by atoms with van der Waals surface area (Å²) in [5, 5.41) is 4.47. The molecule has 0 spiro atoms. The van der Waals surface area contributed by atoms with E-state index >= 15 is 0 Å². The van der Waals surface area contributed by atoms with Crippen LogP contribution in [0.5, 0.6) is 0 Å². The zero-order valence-corrected chi connectivity index (χ0v) is 16.3. The lowest BCUT2D eigenvalue weighted by atomic mass is 9.93. The molecule has 1 aliphatic carbocycles. The molecule has 1 saturated carbocycles. The second-order valence-electron chi connectivity index (χ2n) is 7.75. The average molecular weight is 357 g/mol. The van der Waals surface area contributed by atoms with E-state index in [4.69, 9.17) is 4.98 Å². The van der Waals surface area contributed by atoms with Crippen molar-refractivity contribution in [2.75, 3.05) is 25.0 Å². The molecule has 1 saturated heterocycles. The van der Waals surface area contributed by atoms with Crippen molar-refractivity contribution in [2.45, 2.75) is 52.4 Å². The number of aryl methyl sites for hydroxylation is 3. The lowest BCUT2D eigenvalue weighted by Crippen LogP contribution is -2.36. The molecule has 2 aromatic rings. The van der Waals surface area contributed by atoms with Crippen LogP contribution in [0.15, 0.2) is 12.1 Å². The molecule has 2 aromatic heterocycles. The van der Waals surface area contributed by atoms with Crippen LogP contribution in [0.4, 0.5) is 10.8 Å². The fourth-order valence-electron chi connectivity index (χ4n) is 3.75. The van der Waals surface area contributed by atoms with Crippen LogP contribution in [-0.2, 0) is 0 Å². The van der Waals surface area contributed by atoms with Crippen LogP contribution >= 0.6 is 11.3 Å². The number of hydrogen-bond donors (Lipinski definition) is 1. The van der Waals surface area contributed by atoms with Gasteiger partial charge in [0, 0.05) is 41.0 Å². The fraction of sp³-hybridized carbons (Fsp3) is 0.600. The van der Waals surface area contributed by atoms with E-state index in [0.717, 1.165) is 28.1 Å². The Morgan fingerprint density at radius 3 is 2.72 bits per heavy atom. The second-order valence-corrected chi connectivity index (χ2v) is 8.95. The molecule has 0 amide bonds. The first-order valence-electron chi connectivity index (χ1n) is 9.49. The highest BCUT2D eigenvalue weighted by Crippen LogP contribution is 2.34. The molecule has 2 fully saturated rings. The normalized spacial score (nSPS) is 21.5. The van der Waals surface area contributed by atoms with E-state index in [0.29, 0.717) is 5.92 Å². The number of rotatable bonds is 5. The molecule has 134 valence electrons. The minimum atomic E-state index is 0.563. The number of thiazole rings is 1. The van der Waals surface area contributed by atoms with E-state index in [2.05, 4.69) is 48.1 Å². The molecule has 25 heavy (non-hydrogen) atoms. The lowest BCUT2D eigenvalue weighted by Gasteiger charge is -2.32. The number of anilines is 2. The number of nitrogens with one attached hydrogen (secondary N) is 1. The maximum atomic E-state index is 4.87. The highest BCUT2D eigenvalue weighted by atomic mass is 32.1. The van der Waals surface area contributed by atoms with E-state index in [-0.39, 0.29) is 0 Å². The molecule has 3 heterocycles. The topological polar surface area (TPSA) is 41.1 Å². The zero-order valence-electron chi connectivity index (χ0n) is 15.5.